The molecule has 0 bridgehead atoms. The third-order valence-corrected chi connectivity index (χ3v) is 5.57. The Bertz CT molecular complexity index is 909. The van der Waals surface area contributed by atoms with E-state index in [2.05, 4.69) is 23.9 Å². The number of nitrogens with zero attached hydrogens (tertiary/aromatic N) is 2. The lowest BCUT2D eigenvalue weighted by molar-refractivity contribution is -0.133. The van der Waals surface area contributed by atoms with E-state index in [4.69, 9.17) is 9.57 Å². The van der Waals surface area contributed by atoms with Crippen molar-refractivity contribution in [3.8, 4) is 5.75 Å². The van der Waals surface area contributed by atoms with E-state index in [1.807, 2.05) is 47.4 Å². The van der Waals surface area contributed by atoms with E-state index in [9.17, 15) is 4.79 Å². The number of para-hydroxylation sites is 1. The number of hydrogen-bond donors (Lipinski definition) is 0. The van der Waals surface area contributed by atoms with Gasteiger partial charge in [0.2, 0.25) is 5.91 Å². The van der Waals surface area contributed by atoms with Crippen molar-refractivity contribution < 1.29 is 14.4 Å². The highest BCUT2D eigenvalue weighted by molar-refractivity contribution is 6.03. The summed E-state index contributed by atoms with van der Waals surface area (Å²) < 4.78 is 5.43. The summed E-state index contributed by atoms with van der Waals surface area (Å²) in [5, 5.41) is 4.26. The Kier molecular flexibility index (Phi) is 5.65. The summed E-state index contributed by atoms with van der Waals surface area (Å²) in [5.41, 5.74) is 3.03. The molecule has 5 nitrogen and oxygen atoms in total. The van der Waals surface area contributed by atoms with Gasteiger partial charge in [-0.25, -0.2) is 0 Å². The summed E-state index contributed by atoms with van der Waals surface area (Å²) in [5.74, 6) is 1.32. The molecule has 0 radical (unpaired) electrons. The molecule has 0 spiro atoms. The maximum atomic E-state index is 13.1. The van der Waals surface area contributed by atoms with Crippen molar-refractivity contribution in [2.45, 2.75) is 24.9 Å². The summed E-state index contributed by atoms with van der Waals surface area (Å²) in [6, 6.07) is 18.0. The van der Waals surface area contributed by atoms with Crippen LogP contribution in [0, 0.1) is 5.92 Å². The first-order valence-corrected chi connectivity index (χ1v) is 10.0. The molecule has 2 aromatic rings. The number of rotatable bonds is 8. The minimum absolute atomic E-state index is 0.0494. The first-order valence-electron chi connectivity index (χ1n) is 10.0. The number of oxime groups is 1. The van der Waals surface area contributed by atoms with E-state index >= 15 is 0 Å². The van der Waals surface area contributed by atoms with Gasteiger partial charge in [-0.1, -0.05) is 53.7 Å². The fourth-order valence-electron chi connectivity index (χ4n) is 4.00. The molecule has 1 amide bonds. The van der Waals surface area contributed by atoms with E-state index in [1.165, 1.54) is 5.56 Å². The lowest BCUT2D eigenvalue weighted by Crippen LogP contribution is -2.39. The van der Waals surface area contributed by atoms with Gasteiger partial charge >= 0.3 is 0 Å². The third-order valence-electron chi connectivity index (χ3n) is 5.57. The number of carbonyl (C=O) groups excluding carboxylic acids is 1. The van der Waals surface area contributed by atoms with Gasteiger partial charge in [-0.2, -0.15) is 0 Å². The van der Waals surface area contributed by atoms with E-state index in [0.717, 1.165) is 23.4 Å². The zero-order valence-electron chi connectivity index (χ0n) is 16.7. The normalized spacial score (nSPS) is 22.4. The van der Waals surface area contributed by atoms with Gasteiger partial charge in [0.15, 0.2) is 6.10 Å². The molecule has 1 aliphatic carbocycles. The first-order chi connectivity index (χ1) is 14.2. The largest absolute Gasteiger partial charge is 0.496 e. The van der Waals surface area contributed by atoms with E-state index in [-0.39, 0.29) is 17.9 Å². The van der Waals surface area contributed by atoms with Crippen LogP contribution in [-0.2, 0) is 9.63 Å². The van der Waals surface area contributed by atoms with Crippen LogP contribution in [0.25, 0.3) is 0 Å². The molecule has 0 N–H and O–H groups in total. The minimum Gasteiger partial charge on any atom is -0.496 e. The molecule has 1 fully saturated rings. The van der Waals surface area contributed by atoms with Crippen molar-refractivity contribution >= 4 is 11.6 Å². The molecule has 1 saturated carbocycles. The van der Waals surface area contributed by atoms with Gasteiger partial charge in [-0.15, -0.1) is 6.58 Å². The summed E-state index contributed by atoms with van der Waals surface area (Å²) in [6.07, 6.45) is 3.17. The third kappa shape index (κ3) is 4.19. The Hall–Kier alpha value is -3.08. The van der Waals surface area contributed by atoms with E-state index in [1.54, 1.807) is 13.2 Å². The predicted octanol–water partition coefficient (Wildman–Crippen LogP) is 4.01. The van der Waals surface area contributed by atoms with Crippen molar-refractivity contribution in [1.82, 2.24) is 4.90 Å². The Balaban J connectivity index is 1.38. The molecule has 150 valence electrons. The van der Waals surface area contributed by atoms with Crippen LogP contribution in [-0.4, -0.2) is 42.8 Å². The van der Waals surface area contributed by atoms with Crippen molar-refractivity contribution in [2.75, 3.05) is 20.2 Å². The summed E-state index contributed by atoms with van der Waals surface area (Å²) in [7, 11) is 1.65. The van der Waals surface area contributed by atoms with Gasteiger partial charge in [0.1, 0.15) is 5.75 Å². The van der Waals surface area contributed by atoms with Crippen molar-refractivity contribution in [3.63, 3.8) is 0 Å². The van der Waals surface area contributed by atoms with Gasteiger partial charge in [0.05, 0.1) is 19.4 Å². The molecule has 1 aliphatic heterocycles. The maximum absolute atomic E-state index is 13.1. The highest BCUT2D eigenvalue weighted by Gasteiger charge is 2.46. The number of hydrogen-bond acceptors (Lipinski definition) is 4. The summed E-state index contributed by atoms with van der Waals surface area (Å²) in [6.45, 7) is 4.84. The lowest BCUT2D eigenvalue weighted by Gasteiger charge is -2.23. The van der Waals surface area contributed by atoms with E-state index < -0.39 is 0 Å². The van der Waals surface area contributed by atoms with Crippen molar-refractivity contribution in [3.05, 3.63) is 78.4 Å². The topological polar surface area (TPSA) is 51.1 Å². The zero-order valence-corrected chi connectivity index (χ0v) is 16.7. The highest BCUT2D eigenvalue weighted by Crippen LogP contribution is 2.48. The molecule has 0 unspecified atom stereocenters. The SMILES string of the molecule is C=CCN(C[C@@H]1CC(c2ccccc2OC)=NO1)C(=O)[C@H]1C[C@H]1c1ccccc1. The molecule has 3 atom stereocenters. The molecule has 2 aliphatic rings. The number of methoxy groups -OCH3 is 1. The van der Waals surface area contributed by atoms with Crippen LogP contribution in [0.3, 0.4) is 0 Å². The van der Waals surface area contributed by atoms with Crippen LogP contribution in [0.15, 0.2) is 72.4 Å². The first kappa shape index (κ1) is 19.2. The molecular formula is C24H26N2O3. The Labute approximate surface area is 171 Å². The molecule has 1 heterocycles. The quantitative estimate of drug-likeness (QED) is 0.640. The summed E-state index contributed by atoms with van der Waals surface area (Å²) >= 11 is 0. The van der Waals surface area contributed by atoms with Crippen molar-refractivity contribution in [2.24, 2.45) is 11.1 Å². The molecule has 2 aromatic carbocycles. The van der Waals surface area contributed by atoms with Gasteiger partial charge < -0.3 is 14.5 Å². The van der Waals surface area contributed by atoms with Gasteiger partial charge in [-0.05, 0) is 30.0 Å². The lowest BCUT2D eigenvalue weighted by atomic mass is 10.0. The van der Waals surface area contributed by atoms with Crippen LogP contribution < -0.4 is 4.74 Å². The molecule has 0 saturated heterocycles. The van der Waals surface area contributed by atoms with Crippen LogP contribution in [0.5, 0.6) is 5.75 Å². The van der Waals surface area contributed by atoms with Gasteiger partial charge in [0.25, 0.3) is 0 Å². The average Bonchev–Trinajstić information content (AvgIpc) is 3.44. The number of ether oxygens (including phenoxy) is 1. The smallest absolute Gasteiger partial charge is 0.226 e. The minimum atomic E-state index is -0.160. The van der Waals surface area contributed by atoms with Gasteiger partial charge in [-0.3, -0.25) is 4.79 Å². The van der Waals surface area contributed by atoms with Gasteiger partial charge in [0, 0.05) is 24.4 Å². The van der Waals surface area contributed by atoms with Crippen LogP contribution in [0.1, 0.15) is 29.9 Å². The van der Waals surface area contributed by atoms with E-state index in [0.29, 0.717) is 25.4 Å². The second-order valence-electron chi connectivity index (χ2n) is 7.56. The Morgan fingerprint density at radius 3 is 2.76 bits per heavy atom. The second kappa shape index (κ2) is 8.52. The molecule has 29 heavy (non-hydrogen) atoms. The number of benzene rings is 2. The highest BCUT2D eigenvalue weighted by atomic mass is 16.6. The second-order valence-corrected chi connectivity index (χ2v) is 7.56. The summed E-state index contributed by atoms with van der Waals surface area (Å²) in [4.78, 5) is 20.6. The van der Waals surface area contributed by atoms with Crippen LogP contribution >= 0.6 is 0 Å². The van der Waals surface area contributed by atoms with Crippen LogP contribution in [0.4, 0.5) is 0 Å². The predicted molar refractivity (Wildman–Crippen MR) is 113 cm³/mol. The Morgan fingerprint density at radius 1 is 1.24 bits per heavy atom. The molecule has 0 aromatic heterocycles. The van der Waals surface area contributed by atoms with Crippen LogP contribution in [0.2, 0.25) is 0 Å². The maximum Gasteiger partial charge on any atom is 0.226 e. The molecule has 5 heteroatoms. The molecule has 4 rings (SSSR count). The number of carbonyl (C=O) groups is 1. The fourth-order valence-corrected chi connectivity index (χ4v) is 4.00. The standard InChI is InChI=1S/C24H26N2O3/c1-3-13-26(24(27)21-15-20(21)17-9-5-4-6-10-17)16-18-14-22(25-29-18)19-11-7-8-12-23(19)28-2/h3-12,18,20-21H,1,13-16H2,2H3/t18-,20-,21-/m0/s1. The zero-order chi connectivity index (χ0) is 20.2. The van der Waals surface area contributed by atoms with Crippen molar-refractivity contribution in [1.29, 1.82) is 0 Å². The monoisotopic (exact) mass is 390 g/mol. The number of amides is 1. The fraction of sp³-hybridized carbons (Fsp3) is 0.333. The molecular weight excluding hydrogens is 364 g/mol. The Morgan fingerprint density at radius 2 is 2.00 bits per heavy atom. The average molecular weight is 390 g/mol.